The number of carbonyl (C=O) groups is 1. The van der Waals surface area contributed by atoms with Crippen LogP contribution in [0.25, 0.3) is 10.2 Å². The van der Waals surface area contributed by atoms with Crippen LogP contribution >= 0.6 is 27.3 Å². The summed E-state index contributed by atoms with van der Waals surface area (Å²) in [6.07, 6.45) is 2.46. The number of ether oxygens (including phenoxy) is 1. The summed E-state index contributed by atoms with van der Waals surface area (Å²) in [5.41, 5.74) is 4.56. The van der Waals surface area contributed by atoms with Crippen LogP contribution in [-0.2, 0) is 6.42 Å². The molecule has 178 valence electrons. The van der Waals surface area contributed by atoms with Crippen molar-refractivity contribution in [3.63, 3.8) is 0 Å². The quantitative estimate of drug-likeness (QED) is 0.156. The van der Waals surface area contributed by atoms with E-state index < -0.39 is 0 Å². The topological polar surface area (TPSA) is 54.8 Å². The number of nitrogens with zero attached hydrogens (tertiary/aromatic N) is 3. The molecule has 1 amide bonds. The standard InChI is InChI=1S/C29H22BrN3O2S/c1-35-25-14-9-22(10-15-25)19-31-33(29-32-26-16-13-24(30)18-27(26)36-29)28(34)23-11-7-21(8-12-23)17-20-5-3-2-4-6-20/h2-16,18-19H,17H2,1H3/b31-19+. The lowest BCUT2D eigenvalue weighted by Gasteiger charge is -2.14. The Morgan fingerprint density at radius 1 is 0.972 bits per heavy atom. The van der Waals surface area contributed by atoms with Gasteiger partial charge in [0, 0.05) is 10.0 Å². The van der Waals surface area contributed by atoms with Crippen molar-refractivity contribution in [1.29, 1.82) is 0 Å². The molecular weight excluding hydrogens is 534 g/mol. The molecule has 5 aromatic rings. The molecule has 1 heterocycles. The van der Waals surface area contributed by atoms with E-state index in [1.165, 1.54) is 21.9 Å². The van der Waals surface area contributed by atoms with E-state index in [9.17, 15) is 4.79 Å². The van der Waals surface area contributed by atoms with Gasteiger partial charge < -0.3 is 4.74 Å². The minimum Gasteiger partial charge on any atom is -0.497 e. The average molecular weight is 556 g/mol. The maximum Gasteiger partial charge on any atom is 0.280 e. The summed E-state index contributed by atoms with van der Waals surface area (Å²) in [6.45, 7) is 0. The number of carbonyl (C=O) groups excluding carboxylic acids is 1. The number of hydrazone groups is 1. The van der Waals surface area contributed by atoms with Crippen molar-refractivity contribution in [2.24, 2.45) is 5.10 Å². The van der Waals surface area contributed by atoms with E-state index >= 15 is 0 Å². The second-order valence-electron chi connectivity index (χ2n) is 8.10. The van der Waals surface area contributed by atoms with Gasteiger partial charge in [0.25, 0.3) is 5.91 Å². The molecule has 4 aromatic carbocycles. The fourth-order valence-corrected chi connectivity index (χ4v) is 5.17. The number of fused-ring (bicyclic) bond motifs is 1. The first kappa shape index (κ1) is 23.9. The Morgan fingerprint density at radius 3 is 2.42 bits per heavy atom. The second kappa shape index (κ2) is 10.8. The van der Waals surface area contributed by atoms with Crippen molar-refractivity contribution in [2.75, 3.05) is 12.1 Å². The molecule has 0 spiro atoms. The lowest BCUT2D eigenvalue weighted by molar-refractivity contribution is 0.0988. The summed E-state index contributed by atoms with van der Waals surface area (Å²) in [5.74, 6) is 0.511. The summed E-state index contributed by atoms with van der Waals surface area (Å²) in [7, 11) is 1.63. The number of methoxy groups -OCH3 is 1. The molecule has 0 saturated heterocycles. The van der Waals surface area contributed by atoms with Gasteiger partial charge >= 0.3 is 0 Å². The predicted molar refractivity (Wildman–Crippen MR) is 150 cm³/mol. The fourth-order valence-electron chi connectivity index (χ4n) is 3.70. The number of hydrogen-bond acceptors (Lipinski definition) is 5. The molecule has 0 aliphatic carbocycles. The Balaban J connectivity index is 1.45. The minimum absolute atomic E-state index is 0.246. The normalized spacial score (nSPS) is 11.2. The zero-order valence-corrected chi connectivity index (χ0v) is 21.9. The van der Waals surface area contributed by atoms with Gasteiger partial charge in [-0.3, -0.25) is 4.79 Å². The van der Waals surface area contributed by atoms with Crippen LogP contribution in [0.2, 0.25) is 0 Å². The van der Waals surface area contributed by atoms with Gasteiger partial charge in [-0.15, -0.1) is 0 Å². The second-order valence-corrected chi connectivity index (χ2v) is 10.0. The van der Waals surface area contributed by atoms with Crippen LogP contribution in [-0.4, -0.2) is 24.2 Å². The third kappa shape index (κ3) is 5.53. The van der Waals surface area contributed by atoms with Crippen LogP contribution in [0, 0.1) is 0 Å². The van der Waals surface area contributed by atoms with Crippen LogP contribution in [0.1, 0.15) is 27.0 Å². The highest BCUT2D eigenvalue weighted by atomic mass is 79.9. The molecule has 0 fully saturated rings. The monoisotopic (exact) mass is 555 g/mol. The number of thiazole rings is 1. The van der Waals surface area contributed by atoms with E-state index in [4.69, 9.17) is 4.74 Å². The van der Waals surface area contributed by atoms with E-state index in [2.05, 4.69) is 38.1 Å². The molecule has 0 unspecified atom stereocenters. The molecular formula is C29H22BrN3O2S. The van der Waals surface area contributed by atoms with Crippen LogP contribution in [0.3, 0.4) is 0 Å². The molecule has 0 aliphatic heterocycles. The summed E-state index contributed by atoms with van der Waals surface area (Å²) in [5, 5.41) is 6.43. The van der Waals surface area contributed by atoms with Crippen LogP contribution < -0.4 is 9.75 Å². The van der Waals surface area contributed by atoms with Crippen molar-refractivity contribution < 1.29 is 9.53 Å². The number of anilines is 1. The highest BCUT2D eigenvalue weighted by Gasteiger charge is 2.21. The summed E-state index contributed by atoms with van der Waals surface area (Å²) < 4.78 is 7.15. The Kier molecular flexibility index (Phi) is 7.21. The molecule has 1 aromatic heterocycles. The zero-order valence-electron chi connectivity index (χ0n) is 19.5. The van der Waals surface area contributed by atoms with E-state index in [1.54, 1.807) is 13.3 Å². The van der Waals surface area contributed by atoms with Gasteiger partial charge in [0.1, 0.15) is 5.75 Å². The molecule has 0 N–H and O–H groups in total. The first-order chi connectivity index (χ1) is 17.6. The predicted octanol–water partition coefficient (Wildman–Crippen LogP) is 7.34. The van der Waals surface area contributed by atoms with Gasteiger partial charge in [-0.05, 0) is 77.7 Å². The lowest BCUT2D eigenvalue weighted by Crippen LogP contribution is -2.25. The number of hydrogen-bond donors (Lipinski definition) is 0. The van der Waals surface area contributed by atoms with E-state index in [0.717, 1.165) is 38.0 Å². The van der Waals surface area contributed by atoms with Gasteiger partial charge in [0.2, 0.25) is 5.13 Å². The third-order valence-electron chi connectivity index (χ3n) is 5.60. The molecule has 7 heteroatoms. The Morgan fingerprint density at radius 2 is 1.69 bits per heavy atom. The lowest BCUT2D eigenvalue weighted by atomic mass is 10.0. The first-order valence-corrected chi connectivity index (χ1v) is 12.9. The highest BCUT2D eigenvalue weighted by Crippen LogP contribution is 2.32. The van der Waals surface area contributed by atoms with Gasteiger partial charge in [-0.2, -0.15) is 10.1 Å². The smallest absolute Gasteiger partial charge is 0.280 e. The SMILES string of the molecule is COc1ccc(/C=N/N(C(=O)c2ccc(Cc3ccccc3)cc2)c2nc3ccc(Br)cc3s2)cc1. The van der Waals surface area contributed by atoms with Crippen molar-refractivity contribution in [3.05, 3.63) is 124 Å². The fraction of sp³-hybridized carbons (Fsp3) is 0.0690. The zero-order chi connectivity index (χ0) is 24.9. The average Bonchev–Trinajstić information content (AvgIpc) is 3.33. The van der Waals surface area contributed by atoms with Crippen molar-refractivity contribution in [3.8, 4) is 5.75 Å². The Labute approximate surface area is 221 Å². The van der Waals surface area contributed by atoms with Gasteiger partial charge in [0.05, 0.1) is 23.5 Å². The maximum absolute atomic E-state index is 13.6. The molecule has 5 nitrogen and oxygen atoms in total. The van der Waals surface area contributed by atoms with E-state index in [1.807, 2.05) is 84.9 Å². The maximum atomic E-state index is 13.6. The molecule has 0 atom stereocenters. The Hall–Kier alpha value is -3.81. The number of rotatable bonds is 7. The largest absolute Gasteiger partial charge is 0.497 e. The van der Waals surface area contributed by atoms with E-state index in [-0.39, 0.29) is 5.91 Å². The third-order valence-corrected chi connectivity index (χ3v) is 7.09. The van der Waals surface area contributed by atoms with Crippen molar-refractivity contribution >= 4 is 54.7 Å². The summed E-state index contributed by atoms with van der Waals surface area (Å²) in [4.78, 5) is 18.3. The van der Waals surface area contributed by atoms with Crippen molar-refractivity contribution in [1.82, 2.24) is 4.98 Å². The highest BCUT2D eigenvalue weighted by molar-refractivity contribution is 9.10. The number of benzene rings is 4. The Bertz CT molecular complexity index is 1510. The molecule has 0 saturated carbocycles. The molecule has 5 rings (SSSR count). The number of halogens is 1. The van der Waals surface area contributed by atoms with Crippen LogP contribution in [0.15, 0.2) is 107 Å². The van der Waals surface area contributed by atoms with E-state index in [0.29, 0.717) is 10.7 Å². The van der Waals surface area contributed by atoms with Gasteiger partial charge in [-0.1, -0.05) is 69.7 Å². The summed E-state index contributed by atoms with van der Waals surface area (Å²) >= 11 is 4.93. The first-order valence-electron chi connectivity index (χ1n) is 11.3. The minimum atomic E-state index is -0.246. The number of aromatic nitrogens is 1. The molecule has 0 radical (unpaired) electrons. The van der Waals surface area contributed by atoms with Crippen molar-refractivity contribution in [2.45, 2.75) is 6.42 Å². The number of amides is 1. The van der Waals surface area contributed by atoms with Gasteiger partial charge in [0.15, 0.2) is 0 Å². The van der Waals surface area contributed by atoms with Crippen LogP contribution in [0.5, 0.6) is 5.75 Å². The molecule has 0 aliphatic rings. The van der Waals surface area contributed by atoms with Crippen LogP contribution in [0.4, 0.5) is 5.13 Å². The molecule has 0 bridgehead atoms. The van der Waals surface area contributed by atoms with Gasteiger partial charge in [-0.25, -0.2) is 4.98 Å². The molecule has 36 heavy (non-hydrogen) atoms. The summed E-state index contributed by atoms with van der Waals surface area (Å²) in [6, 6.07) is 31.3.